The second-order valence-corrected chi connectivity index (χ2v) is 8.86. The Bertz CT molecular complexity index is 866. The van der Waals surface area contributed by atoms with Gasteiger partial charge in [0.2, 0.25) is 5.91 Å². The Labute approximate surface area is 177 Å². The van der Waals surface area contributed by atoms with Gasteiger partial charge in [-0.25, -0.2) is 0 Å². The average molecular weight is 439 g/mol. The largest absolute Gasteiger partial charge is 0.482 e. The van der Waals surface area contributed by atoms with Crippen LogP contribution in [0.2, 0.25) is 10.0 Å². The van der Waals surface area contributed by atoms with Gasteiger partial charge in [-0.05, 0) is 36.1 Å². The first kappa shape index (κ1) is 19.6. The smallest absolute Gasteiger partial charge is 0.260 e. The lowest BCUT2D eigenvalue weighted by molar-refractivity contribution is -0.141. The van der Waals surface area contributed by atoms with Gasteiger partial charge >= 0.3 is 0 Å². The van der Waals surface area contributed by atoms with Crippen molar-refractivity contribution in [1.82, 2.24) is 9.80 Å². The van der Waals surface area contributed by atoms with Gasteiger partial charge in [0.25, 0.3) is 5.91 Å². The van der Waals surface area contributed by atoms with Crippen LogP contribution >= 0.6 is 34.5 Å². The topological polar surface area (TPSA) is 49.9 Å². The van der Waals surface area contributed by atoms with E-state index in [0.29, 0.717) is 47.9 Å². The molecule has 2 aliphatic rings. The van der Waals surface area contributed by atoms with Crippen LogP contribution < -0.4 is 4.74 Å². The van der Waals surface area contributed by atoms with Crippen molar-refractivity contribution in [3.05, 3.63) is 50.6 Å². The molecular formula is C20H20Cl2N2O3S. The molecule has 4 rings (SSSR count). The second-order valence-electron chi connectivity index (χ2n) is 7.03. The van der Waals surface area contributed by atoms with Gasteiger partial charge < -0.3 is 14.5 Å². The Morgan fingerprint density at radius 3 is 2.54 bits per heavy atom. The van der Waals surface area contributed by atoms with Crippen LogP contribution in [0.4, 0.5) is 0 Å². The van der Waals surface area contributed by atoms with Crippen molar-refractivity contribution < 1.29 is 14.3 Å². The van der Waals surface area contributed by atoms with Crippen LogP contribution in [0, 0.1) is 5.92 Å². The lowest BCUT2D eigenvalue weighted by atomic mass is 10.2. The van der Waals surface area contributed by atoms with Gasteiger partial charge in [-0.1, -0.05) is 29.3 Å². The molecule has 2 heterocycles. The molecule has 2 unspecified atom stereocenters. The first-order valence-corrected chi connectivity index (χ1v) is 10.8. The highest BCUT2D eigenvalue weighted by Gasteiger charge is 2.46. The number of ether oxygens (including phenoxy) is 1. The predicted octanol–water partition coefficient (Wildman–Crippen LogP) is 3.91. The molecule has 148 valence electrons. The number of benzene rings is 1. The molecule has 0 N–H and O–H groups in total. The van der Waals surface area contributed by atoms with Gasteiger partial charge in [0, 0.05) is 47.9 Å². The maximum Gasteiger partial charge on any atom is 0.260 e. The minimum atomic E-state index is -0.110. The van der Waals surface area contributed by atoms with Crippen molar-refractivity contribution in [2.45, 2.75) is 12.3 Å². The van der Waals surface area contributed by atoms with Gasteiger partial charge in [0.15, 0.2) is 6.61 Å². The van der Waals surface area contributed by atoms with Crippen LogP contribution in [0.3, 0.4) is 0 Å². The first-order chi connectivity index (χ1) is 13.5. The first-order valence-electron chi connectivity index (χ1n) is 9.21. The number of piperazine rings is 1. The highest BCUT2D eigenvalue weighted by atomic mass is 35.5. The zero-order chi connectivity index (χ0) is 19.7. The lowest BCUT2D eigenvalue weighted by Crippen LogP contribution is -2.52. The minimum Gasteiger partial charge on any atom is -0.482 e. The van der Waals surface area contributed by atoms with Crippen LogP contribution in [-0.2, 0) is 9.59 Å². The Morgan fingerprint density at radius 2 is 1.86 bits per heavy atom. The summed E-state index contributed by atoms with van der Waals surface area (Å²) >= 11 is 13.6. The monoisotopic (exact) mass is 438 g/mol. The molecule has 0 bridgehead atoms. The molecule has 1 aromatic heterocycles. The summed E-state index contributed by atoms with van der Waals surface area (Å²) in [4.78, 5) is 30.0. The molecule has 2 aromatic rings. The van der Waals surface area contributed by atoms with Gasteiger partial charge in [0.05, 0.1) is 5.02 Å². The third kappa shape index (κ3) is 4.29. The van der Waals surface area contributed by atoms with Crippen molar-refractivity contribution in [3.8, 4) is 5.75 Å². The standard InChI is InChI=1S/C20H20Cl2N2O3S/c21-13-3-4-17(16(22)10-13)27-12-19(25)23-5-7-24(8-6-23)20(26)15-11-14(15)18-2-1-9-28-18/h1-4,9-10,14-15H,5-8,11-12H2. The number of nitrogens with zero attached hydrogens (tertiary/aromatic N) is 2. The third-order valence-electron chi connectivity index (χ3n) is 5.21. The SMILES string of the molecule is O=C(COc1ccc(Cl)cc1Cl)N1CCN(C(=O)C2CC2c2cccs2)CC1. The van der Waals surface area contributed by atoms with Crippen LogP contribution in [0.25, 0.3) is 0 Å². The number of amides is 2. The molecule has 5 nitrogen and oxygen atoms in total. The van der Waals surface area contributed by atoms with E-state index in [9.17, 15) is 9.59 Å². The van der Waals surface area contributed by atoms with Crippen molar-refractivity contribution in [3.63, 3.8) is 0 Å². The summed E-state index contributed by atoms with van der Waals surface area (Å²) in [6.45, 7) is 2.11. The number of thiophene rings is 1. The fourth-order valence-electron chi connectivity index (χ4n) is 3.52. The van der Waals surface area contributed by atoms with E-state index in [2.05, 4.69) is 11.4 Å². The molecule has 1 saturated heterocycles. The molecule has 8 heteroatoms. The minimum absolute atomic E-state index is 0.0849. The van der Waals surface area contributed by atoms with Crippen molar-refractivity contribution in [2.24, 2.45) is 5.92 Å². The molecular weight excluding hydrogens is 419 g/mol. The summed E-state index contributed by atoms with van der Waals surface area (Å²) < 4.78 is 5.52. The van der Waals surface area contributed by atoms with Crippen LogP contribution in [0.5, 0.6) is 5.75 Å². The summed E-state index contributed by atoms with van der Waals surface area (Å²) in [6.07, 6.45) is 0.939. The van der Waals surface area contributed by atoms with E-state index in [4.69, 9.17) is 27.9 Å². The highest BCUT2D eigenvalue weighted by Crippen LogP contribution is 2.50. The lowest BCUT2D eigenvalue weighted by Gasteiger charge is -2.35. The van der Waals surface area contributed by atoms with Gasteiger partial charge in [-0.2, -0.15) is 0 Å². The summed E-state index contributed by atoms with van der Waals surface area (Å²) in [5.41, 5.74) is 0. The molecule has 0 radical (unpaired) electrons. The highest BCUT2D eigenvalue weighted by molar-refractivity contribution is 7.10. The van der Waals surface area contributed by atoms with E-state index in [1.165, 1.54) is 4.88 Å². The summed E-state index contributed by atoms with van der Waals surface area (Å²) in [5.74, 6) is 1.03. The van der Waals surface area contributed by atoms with E-state index in [1.54, 1.807) is 34.4 Å². The van der Waals surface area contributed by atoms with E-state index < -0.39 is 0 Å². The normalized spacial score (nSPS) is 21.5. The van der Waals surface area contributed by atoms with E-state index in [0.717, 1.165) is 6.42 Å². The molecule has 2 amide bonds. The number of carbonyl (C=O) groups excluding carboxylic acids is 2. The summed E-state index contributed by atoms with van der Waals surface area (Å²) in [6, 6.07) is 9.03. The zero-order valence-electron chi connectivity index (χ0n) is 15.1. The van der Waals surface area contributed by atoms with E-state index in [-0.39, 0.29) is 24.3 Å². The Hall–Kier alpha value is -1.76. The summed E-state index contributed by atoms with van der Waals surface area (Å²) in [5, 5.41) is 2.95. The summed E-state index contributed by atoms with van der Waals surface area (Å²) in [7, 11) is 0. The number of hydrogen-bond donors (Lipinski definition) is 0. The maximum absolute atomic E-state index is 12.7. The molecule has 1 aliphatic heterocycles. The van der Waals surface area contributed by atoms with Gasteiger partial charge in [-0.15, -0.1) is 11.3 Å². The van der Waals surface area contributed by atoms with Crippen LogP contribution in [0.1, 0.15) is 17.2 Å². The molecule has 2 atom stereocenters. The Balaban J connectivity index is 1.23. The predicted molar refractivity (Wildman–Crippen MR) is 110 cm³/mol. The van der Waals surface area contributed by atoms with Crippen LogP contribution in [-0.4, -0.2) is 54.4 Å². The molecule has 28 heavy (non-hydrogen) atoms. The third-order valence-corrected chi connectivity index (χ3v) is 6.74. The average Bonchev–Trinajstić information content (AvgIpc) is 3.31. The number of rotatable bonds is 5. The molecule has 1 aromatic carbocycles. The van der Waals surface area contributed by atoms with E-state index in [1.807, 2.05) is 11.0 Å². The maximum atomic E-state index is 12.7. The molecule has 0 spiro atoms. The Morgan fingerprint density at radius 1 is 1.11 bits per heavy atom. The quantitative estimate of drug-likeness (QED) is 0.710. The molecule has 1 aliphatic carbocycles. The van der Waals surface area contributed by atoms with Crippen LogP contribution in [0.15, 0.2) is 35.7 Å². The number of hydrogen-bond acceptors (Lipinski definition) is 4. The van der Waals surface area contributed by atoms with Crippen molar-refractivity contribution in [1.29, 1.82) is 0 Å². The zero-order valence-corrected chi connectivity index (χ0v) is 17.5. The van der Waals surface area contributed by atoms with Crippen molar-refractivity contribution >= 4 is 46.4 Å². The molecule has 2 fully saturated rings. The van der Waals surface area contributed by atoms with E-state index >= 15 is 0 Å². The molecule has 1 saturated carbocycles. The number of halogens is 2. The fraction of sp³-hybridized carbons (Fsp3) is 0.400. The van der Waals surface area contributed by atoms with Crippen molar-refractivity contribution in [2.75, 3.05) is 32.8 Å². The van der Waals surface area contributed by atoms with Gasteiger partial charge in [-0.3, -0.25) is 9.59 Å². The Kier molecular flexibility index (Phi) is 5.80. The number of carbonyl (C=O) groups is 2. The fourth-order valence-corrected chi connectivity index (χ4v) is 4.89. The van der Waals surface area contributed by atoms with Gasteiger partial charge in [0.1, 0.15) is 5.75 Å². The second kappa shape index (κ2) is 8.31.